The predicted molar refractivity (Wildman–Crippen MR) is 58.9 cm³/mol. The Kier molecular flexibility index (Phi) is 2.41. The summed E-state index contributed by atoms with van der Waals surface area (Å²) in [4.78, 5) is 4.30. The predicted octanol–water partition coefficient (Wildman–Crippen LogP) is 0.223. The van der Waals surface area contributed by atoms with Gasteiger partial charge in [-0.3, -0.25) is 0 Å². The molecule has 0 saturated carbocycles. The molecule has 1 aromatic rings. The number of hydrogen-bond acceptors (Lipinski definition) is 1. The minimum Gasteiger partial charge on any atom is -0.236 e. The van der Waals surface area contributed by atoms with Gasteiger partial charge < -0.3 is 0 Å². The molecule has 3 heteroatoms. The first-order chi connectivity index (χ1) is 6.31. The SMILES string of the molecule is BCc1cc(Cl)nc2c1=CCCC=2. The van der Waals surface area contributed by atoms with Gasteiger partial charge in [-0.1, -0.05) is 30.1 Å². The molecule has 1 aromatic heterocycles. The molecule has 0 radical (unpaired) electrons. The topological polar surface area (TPSA) is 12.9 Å². The van der Waals surface area contributed by atoms with Gasteiger partial charge in [0.2, 0.25) is 0 Å². The number of hydrogen-bond donors (Lipinski definition) is 0. The minimum atomic E-state index is 0.613. The summed E-state index contributed by atoms with van der Waals surface area (Å²) in [5.41, 5.74) is 1.31. The van der Waals surface area contributed by atoms with Crippen LogP contribution in [0.1, 0.15) is 18.4 Å². The molecule has 0 amide bonds. The van der Waals surface area contributed by atoms with Crippen molar-refractivity contribution in [1.29, 1.82) is 0 Å². The van der Waals surface area contributed by atoms with Gasteiger partial charge in [0.1, 0.15) is 13.0 Å². The van der Waals surface area contributed by atoms with E-state index in [1.807, 2.05) is 6.07 Å². The second-order valence-corrected chi connectivity index (χ2v) is 3.63. The van der Waals surface area contributed by atoms with E-state index in [0.29, 0.717) is 5.15 Å². The van der Waals surface area contributed by atoms with Crippen molar-refractivity contribution in [2.75, 3.05) is 0 Å². The fourth-order valence-electron chi connectivity index (χ4n) is 1.73. The van der Waals surface area contributed by atoms with Crippen LogP contribution in [0.25, 0.3) is 12.2 Å². The van der Waals surface area contributed by atoms with Crippen molar-refractivity contribution in [3.63, 3.8) is 0 Å². The molecule has 2 rings (SSSR count). The maximum Gasteiger partial charge on any atom is 0.130 e. The normalized spacial score (nSPS) is 14.2. The van der Waals surface area contributed by atoms with Crippen LogP contribution in [-0.4, -0.2) is 12.8 Å². The van der Waals surface area contributed by atoms with Crippen LogP contribution in [0.15, 0.2) is 6.07 Å². The highest BCUT2D eigenvalue weighted by atomic mass is 35.5. The van der Waals surface area contributed by atoms with Gasteiger partial charge in [-0.2, -0.15) is 0 Å². The third-order valence-corrected chi connectivity index (χ3v) is 2.57. The first-order valence-electron chi connectivity index (χ1n) is 4.67. The molecule has 0 fully saturated rings. The molecule has 0 aromatic carbocycles. The molecule has 1 nitrogen and oxygen atoms in total. The molecule has 0 unspecified atom stereocenters. The Morgan fingerprint density at radius 1 is 1.38 bits per heavy atom. The van der Waals surface area contributed by atoms with Gasteiger partial charge in [0, 0.05) is 0 Å². The van der Waals surface area contributed by atoms with E-state index in [4.69, 9.17) is 11.6 Å². The summed E-state index contributed by atoms with van der Waals surface area (Å²) in [5, 5.41) is 2.97. The molecule has 0 N–H and O–H groups in total. The molecule has 66 valence electrons. The average Bonchev–Trinajstić information content (AvgIpc) is 2.16. The third kappa shape index (κ3) is 1.64. The number of pyridine rings is 1. The molecule has 1 heterocycles. The molecule has 0 atom stereocenters. The number of halogens is 1. The Bertz CT molecular complexity index is 439. The molecule has 1 aliphatic carbocycles. The smallest absolute Gasteiger partial charge is 0.130 e. The molecule has 0 spiro atoms. The lowest BCUT2D eigenvalue weighted by Gasteiger charge is -2.04. The Hall–Kier alpha value is -0.755. The monoisotopic (exact) mass is 191 g/mol. The van der Waals surface area contributed by atoms with Crippen LogP contribution in [0.4, 0.5) is 0 Å². The van der Waals surface area contributed by atoms with Crippen molar-refractivity contribution in [3.05, 3.63) is 27.4 Å². The summed E-state index contributed by atoms with van der Waals surface area (Å²) in [6.07, 6.45) is 7.67. The summed E-state index contributed by atoms with van der Waals surface area (Å²) in [7, 11) is 2.15. The molecule has 1 aliphatic rings. The Balaban J connectivity index is 2.79. The quantitative estimate of drug-likeness (QED) is 0.457. The van der Waals surface area contributed by atoms with Crippen LogP contribution in [-0.2, 0) is 6.32 Å². The lowest BCUT2D eigenvalue weighted by molar-refractivity contribution is 1.06. The van der Waals surface area contributed by atoms with E-state index in [1.54, 1.807) is 0 Å². The standard InChI is InChI=1S/C10H11BClN/c11-6-7-5-10(12)13-9-4-2-1-3-8(7)9/h3-5H,1-2,6,11H2. The highest BCUT2D eigenvalue weighted by Gasteiger charge is 2.01. The van der Waals surface area contributed by atoms with Crippen molar-refractivity contribution in [2.45, 2.75) is 19.2 Å². The maximum atomic E-state index is 5.92. The minimum absolute atomic E-state index is 0.613. The van der Waals surface area contributed by atoms with Crippen molar-refractivity contribution in [2.24, 2.45) is 0 Å². The second kappa shape index (κ2) is 3.55. The van der Waals surface area contributed by atoms with E-state index < -0.39 is 0 Å². The van der Waals surface area contributed by atoms with E-state index >= 15 is 0 Å². The van der Waals surface area contributed by atoms with Gasteiger partial charge in [0.05, 0.1) is 5.35 Å². The lowest BCUT2D eigenvalue weighted by Crippen LogP contribution is -2.33. The first-order valence-corrected chi connectivity index (χ1v) is 5.05. The van der Waals surface area contributed by atoms with Crippen LogP contribution < -0.4 is 10.6 Å². The number of rotatable bonds is 1. The van der Waals surface area contributed by atoms with Crippen molar-refractivity contribution in [1.82, 2.24) is 4.98 Å². The molecule has 13 heavy (non-hydrogen) atoms. The van der Waals surface area contributed by atoms with Crippen LogP contribution in [0.3, 0.4) is 0 Å². The Morgan fingerprint density at radius 2 is 2.15 bits per heavy atom. The zero-order valence-electron chi connectivity index (χ0n) is 7.68. The first kappa shape index (κ1) is 8.83. The largest absolute Gasteiger partial charge is 0.236 e. The number of nitrogens with zero attached hydrogens (tertiary/aromatic N) is 1. The van der Waals surface area contributed by atoms with Crippen molar-refractivity contribution >= 4 is 31.6 Å². The summed E-state index contributed by atoms with van der Waals surface area (Å²) >= 11 is 5.92. The summed E-state index contributed by atoms with van der Waals surface area (Å²) < 4.78 is 0. The highest BCUT2D eigenvalue weighted by Crippen LogP contribution is 2.03. The highest BCUT2D eigenvalue weighted by molar-refractivity contribution is 6.29. The summed E-state index contributed by atoms with van der Waals surface area (Å²) in [5.74, 6) is 0. The van der Waals surface area contributed by atoms with E-state index in [9.17, 15) is 0 Å². The van der Waals surface area contributed by atoms with E-state index in [0.717, 1.165) is 24.5 Å². The van der Waals surface area contributed by atoms with Gasteiger partial charge in [-0.05, 0) is 29.7 Å². The van der Waals surface area contributed by atoms with Crippen molar-refractivity contribution < 1.29 is 0 Å². The van der Waals surface area contributed by atoms with Crippen molar-refractivity contribution in [3.8, 4) is 0 Å². The third-order valence-electron chi connectivity index (χ3n) is 2.38. The Morgan fingerprint density at radius 3 is 2.92 bits per heavy atom. The number of aromatic nitrogens is 1. The van der Waals surface area contributed by atoms with Gasteiger partial charge in [0.25, 0.3) is 0 Å². The fraction of sp³-hybridized carbons (Fsp3) is 0.300. The van der Waals surface area contributed by atoms with E-state index in [1.165, 1.54) is 10.8 Å². The molecule has 0 bridgehead atoms. The van der Waals surface area contributed by atoms with Gasteiger partial charge in [-0.25, -0.2) is 4.98 Å². The van der Waals surface area contributed by atoms with Crippen LogP contribution in [0.2, 0.25) is 5.15 Å². The van der Waals surface area contributed by atoms with E-state index in [2.05, 4.69) is 25.0 Å². The average molecular weight is 191 g/mol. The van der Waals surface area contributed by atoms with Crippen LogP contribution in [0.5, 0.6) is 0 Å². The number of fused-ring (bicyclic) bond motifs is 1. The lowest BCUT2D eigenvalue weighted by atomic mass is 9.94. The maximum absolute atomic E-state index is 5.92. The molecular formula is C10H11BClN. The van der Waals surface area contributed by atoms with Gasteiger partial charge >= 0.3 is 0 Å². The molecule has 0 saturated heterocycles. The summed E-state index contributed by atoms with van der Waals surface area (Å²) in [6.45, 7) is 0. The van der Waals surface area contributed by atoms with Crippen LogP contribution >= 0.6 is 11.6 Å². The zero-order chi connectivity index (χ0) is 9.26. The fourth-order valence-corrected chi connectivity index (χ4v) is 1.95. The van der Waals surface area contributed by atoms with Gasteiger partial charge in [-0.15, -0.1) is 0 Å². The van der Waals surface area contributed by atoms with Gasteiger partial charge in [0.15, 0.2) is 0 Å². The van der Waals surface area contributed by atoms with E-state index in [-0.39, 0.29) is 0 Å². The zero-order valence-corrected chi connectivity index (χ0v) is 8.43. The summed E-state index contributed by atoms with van der Waals surface area (Å²) in [6, 6.07) is 1.97. The molecular weight excluding hydrogens is 180 g/mol. The molecule has 0 aliphatic heterocycles. The Labute approximate surface area is 83.5 Å². The second-order valence-electron chi connectivity index (χ2n) is 3.24. The van der Waals surface area contributed by atoms with Crippen LogP contribution in [0, 0.1) is 0 Å².